The molecule has 0 saturated heterocycles. The molecule has 0 saturated carbocycles. The fourth-order valence-corrected chi connectivity index (χ4v) is 7.02. The van der Waals surface area contributed by atoms with Crippen molar-refractivity contribution in [1.29, 1.82) is 0 Å². The molecule has 0 aliphatic rings. The van der Waals surface area contributed by atoms with E-state index in [1.54, 1.807) is 6.08 Å². The molecule has 0 aliphatic heterocycles. The lowest BCUT2D eigenvalue weighted by molar-refractivity contribution is -0.148. The van der Waals surface area contributed by atoms with Crippen LogP contribution in [0.2, 0.25) is 0 Å². The number of carbonyl (C=O) groups excluding carboxylic acids is 2. The van der Waals surface area contributed by atoms with Gasteiger partial charge in [-0.25, -0.2) is 0 Å². The largest absolute Gasteiger partial charge is 0.458 e. The minimum atomic E-state index is -0.832. The van der Waals surface area contributed by atoms with Gasteiger partial charge in [-0.1, -0.05) is 239 Å². The molecule has 6 nitrogen and oxygen atoms in total. The maximum Gasteiger partial charge on any atom is 0.306 e. The number of carbonyl (C=O) groups is 2. The van der Waals surface area contributed by atoms with E-state index in [-0.39, 0.29) is 24.9 Å². The van der Waals surface area contributed by atoms with E-state index in [1.165, 1.54) is 64.2 Å². The normalized spacial score (nSPS) is 14.3. The maximum absolute atomic E-state index is 13.2. The lowest BCUT2D eigenvalue weighted by atomic mass is 10.0. The Labute approximate surface area is 393 Å². The van der Waals surface area contributed by atoms with Gasteiger partial charge < -0.3 is 20.3 Å². The molecule has 0 fully saturated rings. The first kappa shape index (κ1) is 60.3. The van der Waals surface area contributed by atoms with Crippen LogP contribution in [0.15, 0.2) is 122 Å². The fraction of sp³-hybridized carbons (Fsp3) is 0.621. The molecule has 1 amide bonds. The number of aliphatic hydroxyl groups excluding tert-OH is 2. The number of ether oxygens (including phenoxy) is 1. The first-order valence-corrected chi connectivity index (χ1v) is 25.8. The van der Waals surface area contributed by atoms with Crippen molar-refractivity contribution in [3.8, 4) is 0 Å². The van der Waals surface area contributed by atoms with Crippen molar-refractivity contribution in [2.75, 3.05) is 6.61 Å². The lowest BCUT2D eigenvalue weighted by Gasteiger charge is -2.23. The van der Waals surface area contributed by atoms with Crippen LogP contribution in [0.3, 0.4) is 0 Å². The number of rotatable bonds is 44. The summed E-state index contributed by atoms with van der Waals surface area (Å²) in [5.74, 6) is -0.668. The SMILES string of the molecule is CC/C=C\C/C=C\C/C=C\C/C=C\C/C=C\C/C=C\C(CC(=O)NC(CO)C(O)CCCCCCCCCCCCCCC)OC(=O)CCCCCCC\C=C/C=C/C=C/C=C/CC. The number of aliphatic hydroxyl groups is 2. The van der Waals surface area contributed by atoms with E-state index in [1.807, 2.05) is 24.3 Å². The summed E-state index contributed by atoms with van der Waals surface area (Å²) >= 11 is 0. The van der Waals surface area contributed by atoms with Crippen LogP contribution in [0.5, 0.6) is 0 Å². The van der Waals surface area contributed by atoms with E-state index in [0.717, 1.165) is 96.3 Å². The molecule has 0 aromatic rings. The van der Waals surface area contributed by atoms with Gasteiger partial charge in [0.15, 0.2) is 0 Å². The molecule has 0 aromatic carbocycles. The highest BCUT2D eigenvalue weighted by Crippen LogP contribution is 2.15. The van der Waals surface area contributed by atoms with E-state index < -0.39 is 18.2 Å². The Bertz CT molecular complexity index is 1360. The highest BCUT2D eigenvalue weighted by Gasteiger charge is 2.23. The van der Waals surface area contributed by atoms with E-state index in [0.29, 0.717) is 19.3 Å². The highest BCUT2D eigenvalue weighted by atomic mass is 16.5. The number of unbranched alkanes of at least 4 members (excludes halogenated alkanes) is 17. The molecule has 362 valence electrons. The van der Waals surface area contributed by atoms with Crippen LogP contribution in [-0.4, -0.2) is 46.9 Å². The Hall–Kier alpha value is -3.74. The fourth-order valence-electron chi connectivity index (χ4n) is 7.02. The van der Waals surface area contributed by atoms with Gasteiger partial charge in [0.05, 0.1) is 25.2 Å². The minimum absolute atomic E-state index is 0.0647. The van der Waals surface area contributed by atoms with Crippen LogP contribution >= 0.6 is 0 Å². The standard InChI is InChI=1S/C58H95NO5/c1-4-7-10-13-16-19-22-25-27-28-30-32-34-37-40-43-46-49-54(64-58(63)51-48-45-42-39-36-33-29-26-23-20-17-14-11-8-5-2)52-57(62)59-55(53-60)56(61)50-47-44-41-38-35-31-24-21-18-15-12-9-6-3/h7-8,10-11,14,16-17,19-20,23,25-27,29-30,32,37,40,46,49,54-56,60-61H,4-6,9,12-13,15,18,21-22,24,28,31,33-36,38-39,41-45,47-48,50-53H2,1-3H3,(H,59,62)/b10-7-,11-8+,17-14+,19-16-,23-20+,27-25-,29-26-,32-30-,40-37-,49-46-. The second-order valence-corrected chi connectivity index (χ2v) is 16.9. The van der Waals surface area contributed by atoms with E-state index in [2.05, 4.69) is 117 Å². The van der Waals surface area contributed by atoms with Crippen molar-refractivity contribution < 1.29 is 24.5 Å². The van der Waals surface area contributed by atoms with Gasteiger partial charge in [0.25, 0.3) is 0 Å². The van der Waals surface area contributed by atoms with Crippen LogP contribution in [0.1, 0.15) is 207 Å². The molecule has 6 heteroatoms. The van der Waals surface area contributed by atoms with Crippen LogP contribution < -0.4 is 5.32 Å². The Kier molecular flexibility index (Phi) is 47.3. The predicted molar refractivity (Wildman–Crippen MR) is 277 cm³/mol. The summed E-state index contributed by atoms with van der Waals surface area (Å²) in [5, 5.41) is 23.7. The summed E-state index contributed by atoms with van der Waals surface area (Å²) in [5.41, 5.74) is 0. The first-order valence-electron chi connectivity index (χ1n) is 25.8. The van der Waals surface area contributed by atoms with Gasteiger partial charge in [0.2, 0.25) is 5.91 Å². The van der Waals surface area contributed by atoms with Crippen molar-refractivity contribution in [2.24, 2.45) is 0 Å². The Morgan fingerprint density at radius 3 is 1.45 bits per heavy atom. The molecular formula is C58H95NO5. The van der Waals surface area contributed by atoms with Crippen LogP contribution in [0.25, 0.3) is 0 Å². The molecule has 64 heavy (non-hydrogen) atoms. The molecule has 0 heterocycles. The molecule has 0 rings (SSSR count). The number of allylic oxidation sites excluding steroid dienone is 19. The molecule has 0 radical (unpaired) electrons. The van der Waals surface area contributed by atoms with Gasteiger partial charge in [-0.15, -0.1) is 0 Å². The number of hydrogen-bond donors (Lipinski definition) is 3. The number of amides is 1. The smallest absolute Gasteiger partial charge is 0.306 e. The third-order valence-electron chi connectivity index (χ3n) is 10.9. The second-order valence-electron chi connectivity index (χ2n) is 16.9. The average molecular weight is 886 g/mol. The van der Waals surface area contributed by atoms with Gasteiger partial charge in [0, 0.05) is 6.42 Å². The molecular weight excluding hydrogens is 791 g/mol. The Morgan fingerprint density at radius 1 is 0.500 bits per heavy atom. The van der Waals surface area contributed by atoms with Crippen molar-refractivity contribution >= 4 is 11.9 Å². The summed E-state index contributed by atoms with van der Waals surface area (Å²) in [6.07, 6.45) is 70.0. The number of esters is 1. The number of nitrogens with one attached hydrogen (secondary N) is 1. The monoisotopic (exact) mass is 886 g/mol. The Morgan fingerprint density at radius 2 is 0.938 bits per heavy atom. The van der Waals surface area contributed by atoms with Crippen molar-refractivity contribution in [1.82, 2.24) is 5.32 Å². The summed E-state index contributed by atoms with van der Waals surface area (Å²) < 4.78 is 5.81. The van der Waals surface area contributed by atoms with Crippen LogP contribution in [0.4, 0.5) is 0 Å². The zero-order valence-electron chi connectivity index (χ0n) is 41.1. The molecule has 3 N–H and O–H groups in total. The van der Waals surface area contributed by atoms with Crippen LogP contribution in [-0.2, 0) is 14.3 Å². The lowest BCUT2D eigenvalue weighted by Crippen LogP contribution is -2.46. The third kappa shape index (κ3) is 44.9. The van der Waals surface area contributed by atoms with E-state index in [4.69, 9.17) is 4.74 Å². The summed E-state index contributed by atoms with van der Waals surface area (Å²) in [6.45, 7) is 6.18. The van der Waals surface area contributed by atoms with Crippen molar-refractivity contribution in [3.05, 3.63) is 122 Å². The molecule has 3 atom stereocenters. The summed E-state index contributed by atoms with van der Waals surface area (Å²) in [7, 11) is 0. The molecule has 0 spiro atoms. The topological polar surface area (TPSA) is 95.9 Å². The molecule has 0 bridgehead atoms. The quantitative estimate of drug-likeness (QED) is 0.0245. The maximum atomic E-state index is 13.2. The van der Waals surface area contributed by atoms with Gasteiger partial charge in [-0.3, -0.25) is 9.59 Å². The van der Waals surface area contributed by atoms with E-state index >= 15 is 0 Å². The molecule has 0 aromatic heterocycles. The van der Waals surface area contributed by atoms with E-state index in [9.17, 15) is 19.8 Å². The zero-order chi connectivity index (χ0) is 46.7. The third-order valence-corrected chi connectivity index (χ3v) is 10.9. The van der Waals surface area contributed by atoms with Crippen molar-refractivity contribution in [3.63, 3.8) is 0 Å². The first-order chi connectivity index (χ1) is 31.5. The molecule has 0 aliphatic carbocycles. The molecule has 3 unspecified atom stereocenters. The average Bonchev–Trinajstić information content (AvgIpc) is 3.29. The predicted octanol–water partition coefficient (Wildman–Crippen LogP) is 15.7. The van der Waals surface area contributed by atoms with Gasteiger partial charge in [-0.2, -0.15) is 0 Å². The Balaban J connectivity index is 4.84. The van der Waals surface area contributed by atoms with Gasteiger partial charge in [-0.05, 0) is 76.7 Å². The highest BCUT2D eigenvalue weighted by molar-refractivity contribution is 5.78. The van der Waals surface area contributed by atoms with Gasteiger partial charge >= 0.3 is 5.97 Å². The van der Waals surface area contributed by atoms with Gasteiger partial charge in [0.1, 0.15) is 6.10 Å². The van der Waals surface area contributed by atoms with Crippen molar-refractivity contribution in [2.45, 2.75) is 225 Å². The number of hydrogen-bond acceptors (Lipinski definition) is 5. The minimum Gasteiger partial charge on any atom is -0.458 e. The summed E-state index contributed by atoms with van der Waals surface area (Å²) in [6, 6.07) is -0.756. The second kappa shape index (κ2) is 50.3. The van der Waals surface area contributed by atoms with Crippen LogP contribution in [0, 0.1) is 0 Å². The summed E-state index contributed by atoms with van der Waals surface area (Å²) in [4.78, 5) is 26.1. The zero-order valence-corrected chi connectivity index (χ0v) is 41.1.